The summed E-state index contributed by atoms with van der Waals surface area (Å²) in [7, 11) is 0. The lowest BCUT2D eigenvalue weighted by molar-refractivity contribution is -0.155. The molecule has 0 radical (unpaired) electrons. The molecular formula is C17H27NO3. The van der Waals surface area contributed by atoms with Crippen LogP contribution < -0.4 is 0 Å². The van der Waals surface area contributed by atoms with Crippen LogP contribution in [-0.4, -0.2) is 34.5 Å². The molecule has 0 bridgehead atoms. The molecule has 0 spiro atoms. The molecule has 4 heteroatoms. The van der Waals surface area contributed by atoms with Gasteiger partial charge in [0, 0.05) is 19.0 Å². The lowest BCUT2D eigenvalue weighted by atomic mass is 9.77. The number of fused-ring (bicyclic) bond motifs is 1. The Labute approximate surface area is 126 Å². The summed E-state index contributed by atoms with van der Waals surface area (Å²) in [6, 6.07) is 0.396. The van der Waals surface area contributed by atoms with Gasteiger partial charge < -0.3 is 10.0 Å². The third kappa shape index (κ3) is 2.82. The fraction of sp³-hybridized carbons (Fsp3) is 0.882. The molecule has 2 atom stereocenters. The highest BCUT2D eigenvalue weighted by Crippen LogP contribution is 2.43. The zero-order valence-corrected chi connectivity index (χ0v) is 12.9. The average molecular weight is 293 g/mol. The van der Waals surface area contributed by atoms with Crippen molar-refractivity contribution in [3.63, 3.8) is 0 Å². The second-order valence-electron chi connectivity index (χ2n) is 7.31. The second kappa shape index (κ2) is 5.98. The van der Waals surface area contributed by atoms with Crippen molar-refractivity contribution in [1.29, 1.82) is 0 Å². The van der Waals surface area contributed by atoms with Crippen LogP contribution in [0.5, 0.6) is 0 Å². The Balaban J connectivity index is 1.70. The number of likely N-dealkylation sites (tertiary alicyclic amines) is 1. The van der Waals surface area contributed by atoms with Crippen LogP contribution >= 0.6 is 0 Å². The predicted octanol–water partition coefficient (Wildman–Crippen LogP) is 3.20. The predicted molar refractivity (Wildman–Crippen MR) is 79.8 cm³/mol. The van der Waals surface area contributed by atoms with E-state index < -0.39 is 11.4 Å². The Kier molecular flexibility index (Phi) is 4.23. The molecule has 0 aromatic carbocycles. The topological polar surface area (TPSA) is 57.6 Å². The van der Waals surface area contributed by atoms with Gasteiger partial charge in [0.25, 0.3) is 0 Å². The number of hydrogen-bond acceptors (Lipinski definition) is 2. The minimum Gasteiger partial charge on any atom is -0.481 e. The molecule has 118 valence electrons. The van der Waals surface area contributed by atoms with Crippen LogP contribution in [0.4, 0.5) is 0 Å². The van der Waals surface area contributed by atoms with Gasteiger partial charge in [-0.15, -0.1) is 0 Å². The SMILES string of the molecule is O=C(CC1(C(=O)O)CCCC1)N1CCCC2CCCCC21. The lowest BCUT2D eigenvalue weighted by Gasteiger charge is -2.45. The number of hydrogen-bond donors (Lipinski definition) is 1. The van der Waals surface area contributed by atoms with E-state index in [2.05, 4.69) is 4.90 Å². The van der Waals surface area contributed by atoms with E-state index in [9.17, 15) is 14.7 Å². The number of rotatable bonds is 3. The van der Waals surface area contributed by atoms with Gasteiger partial charge in [0.1, 0.15) is 0 Å². The van der Waals surface area contributed by atoms with Crippen LogP contribution in [0.1, 0.15) is 70.6 Å². The molecular weight excluding hydrogens is 266 g/mol. The summed E-state index contributed by atoms with van der Waals surface area (Å²) >= 11 is 0. The largest absolute Gasteiger partial charge is 0.481 e. The second-order valence-corrected chi connectivity index (χ2v) is 7.31. The van der Waals surface area contributed by atoms with Crippen molar-refractivity contribution >= 4 is 11.9 Å². The van der Waals surface area contributed by atoms with Gasteiger partial charge in [-0.1, -0.05) is 25.7 Å². The van der Waals surface area contributed by atoms with Crippen LogP contribution in [0.15, 0.2) is 0 Å². The molecule has 1 saturated heterocycles. The quantitative estimate of drug-likeness (QED) is 0.869. The van der Waals surface area contributed by atoms with E-state index in [-0.39, 0.29) is 12.3 Å². The van der Waals surface area contributed by atoms with Crippen LogP contribution in [0.2, 0.25) is 0 Å². The molecule has 1 amide bonds. The highest BCUT2D eigenvalue weighted by atomic mass is 16.4. The first-order valence-corrected chi connectivity index (χ1v) is 8.65. The monoisotopic (exact) mass is 293 g/mol. The summed E-state index contributed by atoms with van der Waals surface area (Å²) in [5.41, 5.74) is -0.765. The van der Waals surface area contributed by atoms with Gasteiger partial charge in [-0.2, -0.15) is 0 Å². The zero-order valence-electron chi connectivity index (χ0n) is 12.9. The maximum Gasteiger partial charge on any atom is 0.310 e. The molecule has 4 nitrogen and oxygen atoms in total. The molecule has 3 fully saturated rings. The highest BCUT2D eigenvalue weighted by molar-refractivity contribution is 5.85. The fourth-order valence-electron chi connectivity index (χ4n) is 4.84. The fourth-order valence-corrected chi connectivity index (χ4v) is 4.84. The third-order valence-electron chi connectivity index (χ3n) is 6.07. The standard InChI is InChI=1S/C17H27NO3/c19-15(12-17(16(20)21)9-3-4-10-17)18-11-5-7-13-6-1-2-8-14(13)18/h13-14H,1-12H2,(H,20,21). The molecule has 1 heterocycles. The molecule has 0 aromatic rings. The van der Waals surface area contributed by atoms with E-state index >= 15 is 0 Å². The maximum atomic E-state index is 12.8. The molecule has 1 aliphatic heterocycles. The Morgan fingerprint density at radius 1 is 1.00 bits per heavy atom. The van der Waals surface area contributed by atoms with E-state index in [0.29, 0.717) is 24.8 Å². The minimum absolute atomic E-state index is 0.107. The van der Waals surface area contributed by atoms with E-state index in [4.69, 9.17) is 0 Å². The molecule has 3 rings (SSSR count). The molecule has 2 unspecified atom stereocenters. The van der Waals surface area contributed by atoms with Gasteiger partial charge in [-0.05, 0) is 44.4 Å². The molecule has 21 heavy (non-hydrogen) atoms. The van der Waals surface area contributed by atoms with Crippen molar-refractivity contribution in [3.05, 3.63) is 0 Å². The van der Waals surface area contributed by atoms with Gasteiger partial charge >= 0.3 is 5.97 Å². The van der Waals surface area contributed by atoms with Crippen molar-refractivity contribution in [2.24, 2.45) is 11.3 Å². The number of amides is 1. The van der Waals surface area contributed by atoms with Gasteiger partial charge in [0.15, 0.2) is 0 Å². The molecule has 2 saturated carbocycles. The summed E-state index contributed by atoms with van der Waals surface area (Å²) in [5, 5.41) is 9.57. The van der Waals surface area contributed by atoms with Crippen LogP contribution in [0.25, 0.3) is 0 Å². The first-order valence-electron chi connectivity index (χ1n) is 8.65. The Bertz CT molecular complexity index is 412. The van der Waals surface area contributed by atoms with Crippen LogP contribution in [0, 0.1) is 11.3 Å². The summed E-state index contributed by atoms with van der Waals surface area (Å²) < 4.78 is 0. The van der Waals surface area contributed by atoms with Crippen LogP contribution in [0.3, 0.4) is 0 Å². The normalized spacial score (nSPS) is 31.7. The Morgan fingerprint density at radius 2 is 1.67 bits per heavy atom. The molecule has 2 aliphatic carbocycles. The van der Waals surface area contributed by atoms with Crippen molar-refractivity contribution in [1.82, 2.24) is 4.90 Å². The zero-order chi connectivity index (χ0) is 14.9. The van der Waals surface area contributed by atoms with Crippen molar-refractivity contribution in [3.8, 4) is 0 Å². The Morgan fingerprint density at radius 3 is 2.38 bits per heavy atom. The smallest absolute Gasteiger partial charge is 0.310 e. The van der Waals surface area contributed by atoms with Crippen molar-refractivity contribution in [2.75, 3.05) is 6.54 Å². The summed E-state index contributed by atoms with van der Waals surface area (Å²) in [4.78, 5) is 26.5. The number of carboxylic acids is 1. The third-order valence-corrected chi connectivity index (χ3v) is 6.07. The van der Waals surface area contributed by atoms with Crippen LogP contribution in [-0.2, 0) is 9.59 Å². The molecule has 1 N–H and O–H groups in total. The van der Waals surface area contributed by atoms with Crippen molar-refractivity contribution in [2.45, 2.75) is 76.7 Å². The average Bonchev–Trinajstić information content (AvgIpc) is 2.96. The van der Waals surface area contributed by atoms with E-state index in [1.54, 1.807) is 0 Å². The van der Waals surface area contributed by atoms with Gasteiger partial charge in [-0.3, -0.25) is 9.59 Å². The number of carboxylic acid groups (broad SMARTS) is 1. The van der Waals surface area contributed by atoms with Gasteiger partial charge in [0.2, 0.25) is 5.91 Å². The summed E-state index contributed by atoms with van der Waals surface area (Å²) in [6.07, 6.45) is 10.7. The molecule has 3 aliphatic rings. The maximum absolute atomic E-state index is 12.8. The molecule has 0 aromatic heterocycles. The first kappa shape index (κ1) is 14.9. The highest BCUT2D eigenvalue weighted by Gasteiger charge is 2.45. The first-order chi connectivity index (χ1) is 10.1. The van der Waals surface area contributed by atoms with Gasteiger partial charge in [-0.25, -0.2) is 0 Å². The van der Waals surface area contributed by atoms with E-state index in [1.807, 2.05) is 0 Å². The summed E-state index contributed by atoms with van der Waals surface area (Å²) in [6.45, 7) is 0.843. The van der Waals surface area contributed by atoms with Crippen molar-refractivity contribution < 1.29 is 14.7 Å². The van der Waals surface area contributed by atoms with E-state index in [1.165, 1.54) is 25.7 Å². The number of aliphatic carboxylic acids is 1. The number of carbonyl (C=O) groups is 2. The number of piperidine rings is 1. The lowest BCUT2D eigenvalue weighted by Crippen LogP contribution is -2.51. The summed E-state index contributed by atoms with van der Waals surface area (Å²) in [5.74, 6) is 0.0160. The Hall–Kier alpha value is -1.06. The minimum atomic E-state index is -0.765. The number of nitrogens with zero attached hydrogens (tertiary/aromatic N) is 1. The van der Waals surface area contributed by atoms with Gasteiger partial charge in [0.05, 0.1) is 5.41 Å². The number of carbonyl (C=O) groups excluding carboxylic acids is 1. The van der Waals surface area contributed by atoms with E-state index in [0.717, 1.165) is 32.2 Å².